The van der Waals surface area contributed by atoms with Crippen LogP contribution in [0, 0.1) is 5.82 Å². The van der Waals surface area contributed by atoms with Gasteiger partial charge in [0.1, 0.15) is 5.82 Å². The largest absolute Gasteiger partial charge is 0.378 e. The topological polar surface area (TPSA) is 132 Å². The van der Waals surface area contributed by atoms with Crippen molar-refractivity contribution >= 4 is 17.8 Å². The monoisotopic (exact) mass is 456 g/mol. The standard InChI is InChI=1S/C22H29FN8O2/c23-19-3-1-17(2-4-19)15-27-21-29-20(26-10-12-33-14-13-32-11-7-24)30-22(31-21)28-16-18-5-8-25-9-6-18/h1-6,8-9H,7,10-16,24H2,(H3,26,27,28,29,30,31). The van der Waals surface area contributed by atoms with Gasteiger partial charge in [-0.25, -0.2) is 4.39 Å². The maximum absolute atomic E-state index is 13.1. The molecule has 10 nitrogen and oxygen atoms in total. The van der Waals surface area contributed by atoms with Crippen LogP contribution in [0.2, 0.25) is 0 Å². The lowest BCUT2D eigenvalue weighted by molar-refractivity contribution is 0.0547. The summed E-state index contributed by atoms with van der Waals surface area (Å²) in [5.74, 6) is 0.945. The lowest BCUT2D eigenvalue weighted by atomic mass is 10.2. The molecule has 0 spiro atoms. The number of rotatable bonds is 15. The van der Waals surface area contributed by atoms with Gasteiger partial charge in [0.25, 0.3) is 0 Å². The predicted octanol–water partition coefficient (Wildman–Crippen LogP) is 2.03. The van der Waals surface area contributed by atoms with Crippen molar-refractivity contribution in [2.24, 2.45) is 5.73 Å². The molecule has 0 atom stereocenters. The molecule has 0 aliphatic heterocycles. The lowest BCUT2D eigenvalue weighted by Crippen LogP contribution is -2.17. The van der Waals surface area contributed by atoms with Crippen LogP contribution in [0.3, 0.4) is 0 Å². The van der Waals surface area contributed by atoms with Gasteiger partial charge in [0, 0.05) is 38.6 Å². The molecule has 176 valence electrons. The van der Waals surface area contributed by atoms with Crippen molar-refractivity contribution in [3.8, 4) is 0 Å². The number of nitrogens with zero attached hydrogens (tertiary/aromatic N) is 4. The maximum atomic E-state index is 13.1. The number of anilines is 3. The fourth-order valence-electron chi connectivity index (χ4n) is 2.72. The van der Waals surface area contributed by atoms with Crippen LogP contribution in [-0.2, 0) is 22.6 Å². The lowest BCUT2D eigenvalue weighted by Gasteiger charge is -2.12. The zero-order chi connectivity index (χ0) is 23.1. The Morgan fingerprint density at radius 2 is 1.24 bits per heavy atom. The van der Waals surface area contributed by atoms with Gasteiger partial charge in [0.15, 0.2) is 0 Å². The molecule has 0 bridgehead atoms. The molecule has 0 saturated heterocycles. The molecule has 3 rings (SSSR count). The van der Waals surface area contributed by atoms with Crippen LogP contribution < -0.4 is 21.7 Å². The molecular weight excluding hydrogens is 427 g/mol. The number of hydrogen-bond donors (Lipinski definition) is 4. The average molecular weight is 457 g/mol. The first kappa shape index (κ1) is 24.2. The van der Waals surface area contributed by atoms with Gasteiger partial charge in [-0.15, -0.1) is 0 Å². The number of nitrogens with one attached hydrogen (secondary N) is 3. The van der Waals surface area contributed by atoms with Gasteiger partial charge < -0.3 is 31.2 Å². The van der Waals surface area contributed by atoms with E-state index in [1.165, 1.54) is 12.1 Å². The van der Waals surface area contributed by atoms with Crippen molar-refractivity contribution in [1.29, 1.82) is 0 Å². The smallest absolute Gasteiger partial charge is 0.229 e. The van der Waals surface area contributed by atoms with Crippen molar-refractivity contribution < 1.29 is 13.9 Å². The van der Waals surface area contributed by atoms with E-state index in [9.17, 15) is 4.39 Å². The molecule has 5 N–H and O–H groups in total. The minimum atomic E-state index is -0.277. The summed E-state index contributed by atoms with van der Waals surface area (Å²) in [5, 5.41) is 9.50. The summed E-state index contributed by atoms with van der Waals surface area (Å²) in [5.41, 5.74) is 7.32. The van der Waals surface area contributed by atoms with E-state index in [2.05, 4.69) is 35.9 Å². The van der Waals surface area contributed by atoms with Crippen LogP contribution in [0.4, 0.5) is 22.2 Å². The number of benzene rings is 1. The van der Waals surface area contributed by atoms with Crippen LogP contribution >= 0.6 is 0 Å². The van der Waals surface area contributed by atoms with Crippen LogP contribution in [-0.4, -0.2) is 59.5 Å². The fraction of sp³-hybridized carbons (Fsp3) is 0.364. The van der Waals surface area contributed by atoms with Gasteiger partial charge >= 0.3 is 0 Å². The van der Waals surface area contributed by atoms with Crippen molar-refractivity contribution in [2.75, 3.05) is 55.5 Å². The quantitative estimate of drug-likeness (QED) is 0.252. The van der Waals surface area contributed by atoms with Crippen LogP contribution in [0.5, 0.6) is 0 Å². The third-order valence-electron chi connectivity index (χ3n) is 4.36. The Labute approximate surface area is 192 Å². The molecule has 1 aromatic carbocycles. The first-order valence-electron chi connectivity index (χ1n) is 10.7. The molecule has 0 saturated carbocycles. The van der Waals surface area contributed by atoms with E-state index >= 15 is 0 Å². The van der Waals surface area contributed by atoms with Gasteiger partial charge in [-0.2, -0.15) is 15.0 Å². The number of pyridine rings is 1. The Hall–Kier alpha value is -3.41. The first-order valence-corrected chi connectivity index (χ1v) is 10.7. The van der Waals surface area contributed by atoms with Crippen molar-refractivity contribution in [1.82, 2.24) is 19.9 Å². The highest BCUT2D eigenvalue weighted by atomic mass is 19.1. The van der Waals surface area contributed by atoms with Crippen molar-refractivity contribution in [3.63, 3.8) is 0 Å². The molecule has 3 aromatic rings. The van der Waals surface area contributed by atoms with Crippen LogP contribution in [0.1, 0.15) is 11.1 Å². The van der Waals surface area contributed by atoms with E-state index in [4.69, 9.17) is 15.2 Å². The second-order valence-corrected chi connectivity index (χ2v) is 6.94. The zero-order valence-corrected chi connectivity index (χ0v) is 18.3. The Morgan fingerprint density at radius 3 is 1.85 bits per heavy atom. The summed E-state index contributed by atoms with van der Waals surface area (Å²) < 4.78 is 23.9. The molecular formula is C22H29FN8O2. The highest BCUT2D eigenvalue weighted by molar-refractivity contribution is 5.43. The zero-order valence-electron chi connectivity index (χ0n) is 18.3. The third-order valence-corrected chi connectivity index (χ3v) is 4.36. The number of halogens is 1. The summed E-state index contributed by atoms with van der Waals surface area (Å²) in [6.45, 7) is 3.98. The van der Waals surface area contributed by atoms with Gasteiger partial charge in [0.05, 0.1) is 26.4 Å². The van der Waals surface area contributed by atoms with Crippen LogP contribution in [0.15, 0.2) is 48.8 Å². The van der Waals surface area contributed by atoms with Gasteiger partial charge in [-0.05, 0) is 35.4 Å². The van der Waals surface area contributed by atoms with E-state index in [1.807, 2.05) is 12.1 Å². The summed E-state index contributed by atoms with van der Waals surface area (Å²) in [6.07, 6.45) is 3.46. The SMILES string of the molecule is NCCOCCOCCNc1nc(NCc2ccncc2)nc(NCc2ccc(F)cc2)n1. The van der Waals surface area contributed by atoms with Gasteiger partial charge in [-0.1, -0.05) is 12.1 Å². The second-order valence-electron chi connectivity index (χ2n) is 6.94. The molecule has 11 heteroatoms. The van der Waals surface area contributed by atoms with E-state index in [-0.39, 0.29) is 5.82 Å². The molecule has 0 amide bonds. The number of hydrogen-bond acceptors (Lipinski definition) is 10. The normalized spacial score (nSPS) is 10.7. The average Bonchev–Trinajstić information content (AvgIpc) is 2.85. The minimum absolute atomic E-state index is 0.277. The molecule has 0 aliphatic rings. The first-order chi connectivity index (χ1) is 16.2. The molecule has 0 unspecified atom stereocenters. The molecule has 0 radical (unpaired) electrons. The summed E-state index contributed by atoms with van der Waals surface area (Å²) in [4.78, 5) is 17.3. The maximum Gasteiger partial charge on any atom is 0.229 e. The van der Waals surface area contributed by atoms with Gasteiger partial charge in [0.2, 0.25) is 17.8 Å². The predicted molar refractivity (Wildman–Crippen MR) is 124 cm³/mol. The van der Waals surface area contributed by atoms with Gasteiger partial charge in [-0.3, -0.25) is 4.98 Å². The number of nitrogens with two attached hydrogens (primary N) is 1. The van der Waals surface area contributed by atoms with Crippen molar-refractivity contribution in [2.45, 2.75) is 13.1 Å². The Kier molecular flexibility index (Phi) is 10.2. The molecule has 2 aromatic heterocycles. The van der Waals surface area contributed by atoms with E-state index in [0.29, 0.717) is 70.5 Å². The van der Waals surface area contributed by atoms with E-state index in [1.54, 1.807) is 24.5 Å². The molecule has 0 fully saturated rings. The Morgan fingerprint density at radius 1 is 0.697 bits per heavy atom. The molecule has 2 heterocycles. The van der Waals surface area contributed by atoms with Crippen LogP contribution in [0.25, 0.3) is 0 Å². The highest BCUT2D eigenvalue weighted by Gasteiger charge is 2.07. The number of aromatic nitrogens is 4. The number of ether oxygens (including phenoxy) is 2. The Balaban J connectivity index is 1.56. The Bertz CT molecular complexity index is 947. The highest BCUT2D eigenvalue weighted by Crippen LogP contribution is 2.12. The third kappa shape index (κ3) is 9.31. The van der Waals surface area contributed by atoms with Crippen molar-refractivity contribution in [3.05, 3.63) is 65.7 Å². The summed E-state index contributed by atoms with van der Waals surface area (Å²) in [6, 6.07) is 10.1. The molecule has 0 aliphatic carbocycles. The summed E-state index contributed by atoms with van der Waals surface area (Å²) in [7, 11) is 0. The van der Waals surface area contributed by atoms with E-state index < -0.39 is 0 Å². The molecule has 33 heavy (non-hydrogen) atoms. The minimum Gasteiger partial charge on any atom is -0.378 e. The van der Waals surface area contributed by atoms with E-state index in [0.717, 1.165) is 11.1 Å². The summed E-state index contributed by atoms with van der Waals surface area (Å²) >= 11 is 0. The second kappa shape index (κ2) is 13.9. The fourth-order valence-corrected chi connectivity index (χ4v) is 2.72.